The molecule has 3 aromatic rings. The Kier molecular flexibility index (Phi) is 6.55. The fourth-order valence-electron chi connectivity index (χ4n) is 3.40. The maximum Gasteiger partial charge on any atom is 0.265 e. The van der Waals surface area contributed by atoms with Gasteiger partial charge in [0, 0.05) is 18.2 Å². The molecule has 2 N–H and O–H groups in total. The van der Waals surface area contributed by atoms with E-state index in [2.05, 4.69) is 10.6 Å². The number of fused-ring (bicyclic) bond motifs is 1. The van der Waals surface area contributed by atoms with Crippen molar-refractivity contribution >= 4 is 17.5 Å². The molecular formula is C25H24N2O5. The van der Waals surface area contributed by atoms with Gasteiger partial charge < -0.3 is 24.8 Å². The molecule has 0 aliphatic carbocycles. The molecule has 2 atom stereocenters. The number of anilines is 1. The molecule has 0 fully saturated rings. The third kappa shape index (κ3) is 5.18. The van der Waals surface area contributed by atoms with E-state index in [4.69, 9.17) is 14.2 Å². The summed E-state index contributed by atoms with van der Waals surface area (Å²) in [5.74, 6) is 0.958. The van der Waals surface area contributed by atoms with Gasteiger partial charge >= 0.3 is 0 Å². The van der Waals surface area contributed by atoms with Gasteiger partial charge in [0.15, 0.2) is 11.5 Å². The van der Waals surface area contributed by atoms with Crippen LogP contribution in [-0.2, 0) is 16.0 Å². The molecule has 2 unspecified atom stereocenters. The van der Waals surface area contributed by atoms with Crippen LogP contribution in [0.1, 0.15) is 5.56 Å². The van der Waals surface area contributed by atoms with Gasteiger partial charge in [-0.25, -0.2) is 0 Å². The Morgan fingerprint density at radius 3 is 2.53 bits per heavy atom. The zero-order chi connectivity index (χ0) is 22.3. The molecule has 0 bridgehead atoms. The summed E-state index contributed by atoms with van der Waals surface area (Å²) in [5.41, 5.74) is 1.50. The molecule has 0 saturated carbocycles. The van der Waals surface area contributed by atoms with Gasteiger partial charge in [-0.15, -0.1) is 0 Å². The number of benzene rings is 3. The van der Waals surface area contributed by atoms with Gasteiger partial charge in [-0.2, -0.15) is 0 Å². The highest BCUT2D eigenvalue weighted by molar-refractivity contribution is 5.98. The van der Waals surface area contributed by atoms with Gasteiger partial charge in [0.1, 0.15) is 18.4 Å². The highest BCUT2D eigenvalue weighted by Crippen LogP contribution is 2.31. The molecule has 164 valence electrons. The maximum atomic E-state index is 13.1. The van der Waals surface area contributed by atoms with Crippen LogP contribution in [0.25, 0.3) is 0 Å². The number of para-hydroxylation sites is 2. The van der Waals surface area contributed by atoms with E-state index in [9.17, 15) is 9.59 Å². The minimum absolute atomic E-state index is 0.0679. The second kappa shape index (κ2) is 9.87. The average Bonchev–Trinajstić information content (AvgIpc) is 2.84. The minimum atomic E-state index is -0.854. The van der Waals surface area contributed by atoms with E-state index in [-0.39, 0.29) is 12.5 Å². The third-order valence-corrected chi connectivity index (χ3v) is 5.05. The number of hydrogen-bond donors (Lipinski definition) is 2. The molecule has 2 amide bonds. The predicted molar refractivity (Wildman–Crippen MR) is 120 cm³/mol. The smallest absolute Gasteiger partial charge is 0.265 e. The number of carbonyl (C=O) groups excluding carboxylic acids is 2. The highest BCUT2D eigenvalue weighted by Gasteiger charge is 2.31. The topological polar surface area (TPSA) is 85.9 Å². The lowest BCUT2D eigenvalue weighted by molar-refractivity contribution is -0.133. The molecule has 1 aliphatic rings. The van der Waals surface area contributed by atoms with Crippen molar-refractivity contribution in [2.45, 2.75) is 18.6 Å². The van der Waals surface area contributed by atoms with Crippen molar-refractivity contribution in [2.24, 2.45) is 0 Å². The number of ether oxygens (including phenoxy) is 3. The molecule has 0 saturated heterocycles. The van der Waals surface area contributed by atoms with Crippen LogP contribution in [0.2, 0.25) is 0 Å². The van der Waals surface area contributed by atoms with Gasteiger partial charge in [-0.3, -0.25) is 9.59 Å². The lowest BCUT2D eigenvalue weighted by Gasteiger charge is -2.27. The molecule has 1 aliphatic heterocycles. The largest absolute Gasteiger partial charge is 0.497 e. The average molecular weight is 432 g/mol. The van der Waals surface area contributed by atoms with Crippen LogP contribution in [0, 0.1) is 0 Å². The van der Waals surface area contributed by atoms with Gasteiger partial charge in [0.2, 0.25) is 12.0 Å². The van der Waals surface area contributed by atoms with Crippen LogP contribution < -0.4 is 24.8 Å². The van der Waals surface area contributed by atoms with Crippen molar-refractivity contribution in [2.75, 3.05) is 19.0 Å². The molecule has 7 nitrogen and oxygen atoms in total. The van der Waals surface area contributed by atoms with E-state index in [1.54, 1.807) is 43.5 Å². The summed E-state index contributed by atoms with van der Waals surface area (Å²) in [5, 5.41) is 5.68. The number of hydrogen-bond acceptors (Lipinski definition) is 5. The van der Waals surface area contributed by atoms with E-state index in [1.807, 2.05) is 42.5 Å². The van der Waals surface area contributed by atoms with Crippen molar-refractivity contribution in [3.63, 3.8) is 0 Å². The maximum absolute atomic E-state index is 13.1. The molecule has 7 heteroatoms. The van der Waals surface area contributed by atoms with Crippen LogP contribution >= 0.6 is 0 Å². The van der Waals surface area contributed by atoms with E-state index < -0.39 is 18.1 Å². The van der Waals surface area contributed by atoms with E-state index in [0.717, 1.165) is 5.56 Å². The summed E-state index contributed by atoms with van der Waals surface area (Å²) in [6, 6.07) is 22.9. The molecule has 32 heavy (non-hydrogen) atoms. The summed E-state index contributed by atoms with van der Waals surface area (Å²) >= 11 is 0. The number of amides is 2. The second-order valence-corrected chi connectivity index (χ2v) is 7.34. The molecule has 0 aromatic heterocycles. The zero-order valence-electron chi connectivity index (χ0n) is 17.6. The Hall–Kier alpha value is -4.00. The molecule has 3 aromatic carbocycles. The van der Waals surface area contributed by atoms with Crippen molar-refractivity contribution in [1.29, 1.82) is 0 Å². The lowest BCUT2D eigenvalue weighted by Crippen LogP contribution is -2.52. The molecule has 0 radical (unpaired) electrons. The van der Waals surface area contributed by atoms with Crippen LogP contribution in [0.15, 0.2) is 78.9 Å². The molecule has 1 heterocycles. The summed E-state index contributed by atoms with van der Waals surface area (Å²) in [4.78, 5) is 26.0. The number of carbonyl (C=O) groups is 2. The number of rotatable bonds is 7. The van der Waals surface area contributed by atoms with Gasteiger partial charge in [-0.1, -0.05) is 48.5 Å². The number of nitrogens with one attached hydrogen (secondary N) is 2. The Labute approximate surface area is 186 Å². The Bertz CT molecular complexity index is 1090. The summed E-state index contributed by atoms with van der Waals surface area (Å²) in [6.45, 7) is 0.0679. The first-order valence-corrected chi connectivity index (χ1v) is 10.3. The molecule has 0 spiro atoms. The first kappa shape index (κ1) is 21.2. The van der Waals surface area contributed by atoms with E-state index >= 15 is 0 Å². The van der Waals surface area contributed by atoms with Crippen LogP contribution in [0.3, 0.4) is 0 Å². The lowest BCUT2D eigenvalue weighted by atomic mass is 10.0. The fraction of sp³-hybridized carbons (Fsp3) is 0.200. The SMILES string of the molecule is COc1cccc(NC(=O)C(Cc2ccccc2)NC(=O)C2COc3ccccc3O2)c1. The molecule has 4 rings (SSSR count). The van der Waals surface area contributed by atoms with Gasteiger partial charge in [0.25, 0.3) is 5.91 Å². The molecular weight excluding hydrogens is 408 g/mol. The van der Waals surface area contributed by atoms with Crippen molar-refractivity contribution in [3.8, 4) is 17.2 Å². The van der Waals surface area contributed by atoms with Crippen LogP contribution in [-0.4, -0.2) is 37.7 Å². The van der Waals surface area contributed by atoms with Crippen LogP contribution in [0.5, 0.6) is 17.2 Å². The number of methoxy groups -OCH3 is 1. The Balaban J connectivity index is 1.48. The van der Waals surface area contributed by atoms with E-state index in [0.29, 0.717) is 29.4 Å². The first-order valence-electron chi connectivity index (χ1n) is 10.3. The predicted octanol–water partition coefficient (Wildman–Crippen LogP) is 3.20. The van der Waals surface area contributed by atoms with Crippen molar-refractivity contribution in [3.05, 3.63) is 84.4 Å². The zero-order valence-corrected chi connectivity index (χ0v) is 17.6. The van der Waals surface area contributed by atoms with Crippen molar-refractivity contribution in [1.82, 2.24) is 5.32 Å². The van der Waals surface area contributed by atoms with E-state index in [1.165, 1.54) is 0 Å². The van der Waals surface area contributed by atoms with Gasteiger partial charge in [-0.05, 0) is 29.8 Å². The normalized spacial score (nSPS) is 15.3. The third-order valence-electron chi connectivity index (χ3n) is 5.05. The fourth-order valence-corrected chi connectivity index (χ4v) is 3.40. The summed E-state index contributed by atoms with van der Waals surface area (Å²) in [6.07, 6.45) is -0.528. The monoisotopic (exact) mass is 432 g/mol. The quantitative estimate of drug-likeness (QED) is 0.599. The summed E-state index contributed by atoms with van der Waals surface area (Å²) in [7, 11) is 1.56. The standard InChI is InChI=1S/C25H24N2O5/c1-30-19-11-7-10-18(15-19)26-24(28)20(14-17-8-3-2-4-9-17)27-25(29)23-16-31-21-12-5-6-13-22(21)32-23/h2-13,15,20,23H,14,16H2,1H3,(H,26,28)(H,27,29). The van der Waals surface area contributed by atoms with Crippen LogP contribution in [0.4, 0.5) is 5.69 Å². The summed E-state index contributed by atoms with van der Waals surface area (Å²) < 4.78 is 16.6. The first-order chi connectivity index (χ1) is 15.6. The Morgan fingerprint density at radius 1 is 1.00 bits per heavy atom. The Morgan fingerprint density at radius 2 is 1.75 bits per heavy atom. The highest BCUT2D eigenvalue weighted by atomic mass is 16.6. The van der Waals surface area contributed by atoms with Gasteiger partial charge in [0.05, 0.1) is 7.11 Å². The second-order valence-electron chi connectivity index (χ2n) is 7.34. The van der Waals surface area contributed by atoms with Crippen molar-refractivity contribution < 1.29 is 23.8 Å². The minimum Gasteiger partial charge on any atom is -0.497 e.